The third-order valence-corrected chi connectivity index (χ3v) is 8.95. The fraction of sp³-hybridized carbons (Fsp3) is 0.778. The van der Waals surface area contributed by atoms with E-state index in [0.717, 1.165) is 48.0 Å². The summed E-state index contributed by atoms with van der Waals surface area (Å²) in [6, 6.07) is 3.21. The Bertz CT molecular complexity index is 650. The molecule has 29 heavy (non-hydrogen) atoms. The summed E-state index contributed by atoms with van der Waals surface area (Å²) < 4.78 is 28.1. The topological polar surface area (TPSA) is 0 Å². The molecule has 162 valence electrons. The summed E-state index contributed by atoms with van der Waals surface area (Å²) >= 11 is 0. The predicted octanol–water partition coefficient (Wildman–Crippen LogP) is 8.57. The molecule has 4 atom stereocenters. The Morgan fingerprint density at radius 2 is 1.31 bits per heavy atom. The fourth-order valence-corrected chi connectivity index (χ4v) is 7.00. The molecule has 0 aromatic heterocycles. The van der Waals surface area contributed by atoms with Crippen molar-refractivity contribution in [1.82, 2.24) is 0 Å². The van der Waals surface area contributed by atoms with Gasteiger partial charge < -0.3 is 0 Å². The first-order valence-electron chi connectivity index (χ1n) is 12.5. The molecular formula is C27H40F2. The van der Waals surface area contributed by atoms with Crippen molar-refractivity contribution >= 4 is 0 Å². The van der Waals surface area contributed by atoms with Crippen molar-refractivity contribution < 1.29 is 8.78 Å². The Morgan fingerprint density at radius 3 is 1.97 bits per heavy atom. The molecular weight excluding hydrogens is 362 g/mol. The van der Waals surface area contributed by atoms with Gasteiger partial charge in [-0.2, -0.15) is 0 Å². The second-order valence-electron chi connectivity index (χ2n) is 10.6. The van der Waals surface area contributed by atoms with Crippen LogP contribution in [-0.4, -0.2) is 0 Å². The lowest BCUT2D eigenvalue weighted by Gasteiger charge is -2.45. The van der Waals surface area contributed by atoms with E-state index in [1.54, 1.807) is 12.1 Å². The molecule has 3 saturated carbocycles. The molecule has 3 aliphatic carbocycles. The van der Waals surface area contributed by atoms with Gasteiger partial charge in [0.2, 0.25) is 0 Å². The highest BCUT2D eigenvalue weighted by Crippen LogP contribution is 2.51. The monoisotopic (exact) mass is 402 g/mol. The van der Waals surface area contributed by atoms with E-state index >= 15 is 0 Å². The van der Waals surface area contributed by atoms with Crippen molar-refractivity contribution in [2.75, 3.05) is 0 Å². The van der Waals surface area contributed by atoms with Crippen molar-refractivity contribution in [2.24, 2.45) is 29.6 Å². The molecule has 0 heterocycles. The van der Waals surface area contributed by atoms with Crippen LogP contribution in [0.3, 0.4) is 0 Å². The zero-order valence-electron chi connectivity index (χ0n) is 18.6. The third kappa shape index (κ3) is 4.88. The summed E-state index contributed by atoms with van der Waals surface area (Å²) in [6.07, 6.45) is 17.8. The molecule has 0 aliphatic heterocycles. The van der Waals surface area contributed by atoms with Crippen LogP contribution in [-0.2, 0) is 0 Å². The molecule has 3 fully saturated rings. The van der Waals surface area contributed by atoms with E-state index in [0.29, 0.717) is 5.92 Å². The average Bonchev–Trinajstić information content (AvgIpc) is 2.75. The summed E-state index contributed by atoms with van der Waals surface area (Å²) in [5.74, 6) is 4.18. The summed E-state index contributed by atoms with van der Waals surface area (Å²) in [6.45, 7) is 3.84. The summed E-state index contributed by atoms with van der Waals surface area (Å²) in [7, 11) is 0. The van der Waals surface area contributed by atoms with Crippen molar-refractivity contribution in [2.45, 2.75) is 103 Å². The molecule has 4 rings (SSSR count). The predicted molar refractivity (Wildman–Crippen MR) is 117 cm³/mol. The Kier molecular flexibility index (Phi) is 6.97. The second-order valence-corrected chi connectivity index (χ2v) is 10.6. The van der Waals surface area contributed by atoms with Gasteiger partial charge in [0.15, 0.2) is 0 Å². The Morgan fingerprint density at radius 1 is 0.759 bits per heavy atom. The SMILES string of the molecule is CCCCC1CCC(C2CCC3CC(c4cc(F)c(C)c(F)c4)CCC3C2)CC1. The zero-order chi connectivity index (χ0) is 20.4. The van der Waals surface area contributed by atoms with Crippen molar-refractivity contribution in [3.8, 4) is 0 Å². The van der Waals surface area contributed by atoms with Gasteiger partial charge in [-0.05, 0) is 111 Å². The van der Waals surface area contributed by atoms with Crippen LogP contribution < -0.4 is 0 Å². The lowest BCUT2D eigenvalue weighted by atomic mass is 9.60. The number of halogens is 2. The molecule has 0 nitrogen and oxygen atoms in total. The maximum absolute atomic E-state index is 14.0. The fourth-order valence-electron chi connectivity index (χ4n) is 7.00. The van der Waals surface area contributed by atoms with Crippen LogP contribution in [0.2, 0.25) is 0 Å². The first-order chi connectivity index (χ1) is 14.0. The van der Waals surface area contributed by atoms with Gasteiger partial charge in [0.05, 0.1) is 0 Å². The van der Waals surface area contributed by atoms with Crippen LogP contribution in [0.4, 0.5) is 8.78 Å². The van der Waals surface area contributed by atoms with Gasteiger partial charge in [0, 0.05) is 5.56 Å². The van der Waals surface area contributed by atoms with E-state index in [-0.39, 0.29) is 17.2 Å². The molecule has 1 aromatic rings. The number of benzene rings is 1. The zero-order valence-corrected chi connectivity index (χ0v) is 18.6. The lowest BCUT2D eigenvalue weighted by molar-refractivity contribution is 0.0710. The minimum absolute atomic E-state index is 0.160. The quantitative estimate of drug-likeness (QED) is 0.462. The average molecular weight is 403 g/mol. The van der Waals surface area contributed by atoms with Crippen LogP contribution in [0.15, 0.2) is 12.1 Å². The molecule has 3 aliphatic rings. The lowest BCUT2D eigenvalue weighted by Crippen LogP contribution is -2.34. The largest absolute Gasteiger partial charge is 0.207 e. The van der Waals surface area contributed by atoms with Crippen molar-refractivity contribution in [3.63, 3.8) is 0 Å². The minimum Gasteiger partial charge on any atom is -0.207 e. The van der Waals surface area contributed by atoms with E-state index in [1.165, 1.54) is 77.6 Å². The highest BCUT2D eigenvalue weighted by molar-refractivity contribution is 5.28. The van der Waals surface area contributed by atoms with E-state index in [2.05, 4.69) is 6.92 Å². The number of unbranched alkanes of at least 4 members (excludes halogenated alkanes) is 1. The number of hydrogen-bond donors (Lipinski definition) is 0. The van der Waals surface area contributed by atoms with Gasteiger partial charge in [-0.3, -0.25) is 0 Å². The molecule has 0 bridgehead atoms. The Hall–Kier alpha value is -0.920. The standard InChI is InChI=1S/C27H40F2/c1-3-4-5-19-6-8-20(9-7-19)21-10-11-23-15-24(13-12-22(23)14-21)25-16-26(28)18(2)27(29)17-25/h16-17,19-24H,3-15H2,1-2H3. The smallest absolute Gasteiger partial charge is 0.129 e. The Labute approximate surface area is 176 Å². The van der Waals surface area contributed by atoms with Crippen LogP contribution in [0.25, 0.3) is 0 Å². The Balaban J connectivity index is 1.30. The van der Waals surface area contributed by atoms with Gasteiger partial charge in [-0.1, -0.05) is 39.0 Å². The number of hydrogen-bond acceptors (Lipinski definition) is 0. The second kappa shape index (κ2) is 9.48. The molecule has 2 heteroatoms. The molecule has 0 spiro atoms. The van der Waals surface area contributed by atoms with Crippen LogP contribution >= 0.6 is 0 Å². The van der Waals surface area contributed by atoms with Gasteiger partial charge in [-0.25, -0.2) is 8.78 Å². The van der Waals surface area contributed by atoms with Crippen molar-refractivity contribution in [1.29, 1.82) is 0 Å². The van der Waals surface area contributed by atoms with E-state index in [1.807, 2.05) is 0 Å². The van der Waals surface area contributed by atoms with Crippen LogP contribution in [0.5, 0.6) is 0 Å². The first kappa shape index (κ1) is 21.3. The maximum atomic E-state index is 14.0. The van der Waals surface area contributed by atoms with Gasteiger partial charge >= 0.3 is 0 Å². The minimum atomic E-state index is -0.375. The highest BCUT2D eigenvalue weighted by atomic mass is 19.1. The maximum Gasteiger partial charge on any atom is 0.129 e. The van der Waals surface area contributed by atoms with E-state index in [4.69, 9.17) is 0 Å². The van der Waals surface area contributed by atoms with Gasteiger partial charge in [0.1, 0.15) is 11.6 Å². The summed E-state index contributed by atoms with van der Waals surface area (Å²) in [5.41, 5.74) is 1.06. The normalized spacial score (nSPS) is 35.3. The third-order valence-electron chi connectivity index (χ3n) is 8.95. The van der Waals surface area contributed by atoms with E-state index in [9.17, 15) is 8.78 Å². The molecule has 0 saturated heterocycles. The molecule has 0 N–H and O–H groups in total. The van der Waals surface area contributed by atoms with Gasteiger partial charge in [0.25, 0.3) is 0 Å². The highest BCUT2D eigenvalue weighted by Gasteiger charge is 2.39. The number of rotatable bonds is 5. The summed E-state index contributed by atoms with van der Waals surface area (Å²) in [5, 5.41) is 0. The first-order valence-corrected chi connectivity index (χ1v) is 12.5. The van der Waals surface area contributed by atoms with Gasteiger partial charge in [-0.15, -0.1) is 0 Å². The summed E-state index contributed by atoms with van der Waals surface area (Å²) in [4.78, 5) is 0. The van der Waals surface area contributed by atoms with Crippen LogP contribution in [0, 0.1) is 48.1 Å². The molecule has 0 amide bonds. The van der Waals surface area contributed by atoms with E-state index < -0.39 is 0 Å². The van der Waals surface area contributed by atoms with Crippen molar-refractivity contribution in [3.05, 3.63) is 34.9 Å². The molecule has 4 unspecified atom stereocenters. The van der Waals surface area contributed by atoms with Crippen LogP contribution in [0.1, 0.15) is 107 Å². The molecule has 1 aromatic carbocycles. The molecule has 0 radical (unpaired) electrons. The number of fused-ring (bicyclic) bond motifs is 1.